The maximum atomic E-state index is 13.4. The van der Waals surface area contributed by atoms with Crippen LogP contribution in [0, 0.1) is 17.7 Å². The van der Waals surface area contributed by atoms with Crippen molar-refractivity contribution < 1.29 is 19.3 Å². The van der Waals surface area contributed by atoms with Crippen LogP contribution in [0.25, 0.3) is 0 Å². The Labute approximate surface area is 223 Å². The van der Waals surface area contributed by atoms with Crippen molar-refractivity contribution in [3.8, 4) is 17.2 Å². The highest BCUT2D eigenvalue weighted by atomic mass is 19.1. The maximum Gasteiger partial charge on any atom is 0.162 e. The summed E-state index contributed by atoms with van der Waals surface area (Å²) < 4.78 is 18.5. The lowest BCUT2D eigenvalue weighted by Gasteiger charge is -2.13. The van der Waals surface area contributed by atoms with Gasteiger partial charge in [0.25, 0.3) is 0 Å². The number of para-hydroxylation sites is 1. The number of phenols is 2. The van der Waals surface area contributed by atoms with Crippen LogP contribution in [0.1, 0.15) is 63.5 Å². The van der Waals surface area contributed by atoms with E-state index in [2.05, 4.69) is 37.6 Å². The molecule has 6 heteroatoms. The van der Waals surface area contributed by atoms with Gasteiger partial charge in [-0.15, -0.1) is 13.2 Å². The first-order chi connectivity index (χ1) is 17.9. The number of allylic oxidation sites excluding steroid dienone is 2. The van der Waals surface area contributed by atoms with E-state index >= 15 is 0 Å². The lowest BCUT2D eigenvalue weighted by molar-refractivity contribution is 0.369. The normalized spacial score (nSPS) is 12.2. The van der Waals surface area contributed by atoms with Gasteiger partial charge in [0.05, 0.1) is 7.11 Å². The van der Waals surface area contributed by atoms with Crippen LogP contribution in [-0.2, 0) is 13.1 Å². The molecule has 0 aliphatic heterocycles. The standard InChI is InChI=1S/C16H25NO2.C15H22FNO/c1-4-7-13(5-2)10-11-17-12-14-8-6-9-15(19-3)16(14)18;1-3-5-12(4-2)8-9-17-11-13-10-14(18)6-7-15(13)16/h4,6,8-9,13,17-18H,1,5,7,10-12H2,2-3H3;3,6-7,10,12,17-18H,1,4-5,8-9,11H2,2H3. The molecular formula is C31H47FN2O3. The number of hydrogen-bond donors (Lipinski definition) is 4. The van der Waals surface area contributed by atoms with Crippen LogP contribution in [0.15, 0.2) is 61.7 Å². The highest BCUT2D eigenvalue weighted by Gasteiger charge is 2.08. The van der Waals surface area contributed by atoms with Crippen LogP contribution in [0.3, 0.4) is 0 Å². The number of nitrogens with one attached hydrogen (secondary N) is 2. The molecule has 0 saturated carbocycles. The second kappa shape index (κ2) is 19.3. The van der Waals surface area contributed by atoms with Gasteiger partial charge in [0.15, 0.2) is 11.5 Å². The Morgan fingerprint density at radius 2 is 1.46 bits per heavy atom. The Kier molecular flexibility index (Phi) is 16.8. The van der Waals surface area contributed by atoms with E-state index in [1.54, 1.807) is 13.2 Å². The Morgan fingerprint density at radius 3 is 1.97 bits per heavy atom. The van der Waals surface area contributed by atoms with Crippen LogP contribution in [-0.4, -0.2) is 30.4 Å². The third-order valence-corrected chi connectivity index (χ3v) is 6.58. The topological polar surface area (TPSA) is 73.8 Å². The van der Waals surface area contributed by atoms with Gasteiger partial charge in [-0.3, -0.25) is 0 Å². The molecule has 2 unspecified atom stereocenters. The molecule has 5 nitrogen and oxygen atoms in total. The SMILES string of the molecule is C=CCC(CC)CCNCc1cc(O)ccc1F.C=CCC(CC)CCNCc1cccc(OC)c1O. The second-order valence-electron chi connectivity index (χ2n) is 9.27. The van der Waals surface area contributed by atoms with Crippen LogP contribution in [0.2, 0.25) is 0 Å². The van der Waals surface area contributed by atoms with E-state index in [1.807, 2.05) is 24.3 Å². The van der Waals surface area contributed by atoms with Crippen molar-refractivity contribution in [2.24, 2.45) is 11.8 Å². The van der Waals surface area contributed by atoms with E-state index in [-0.39, 0.29) is 17.3 Å². The highest BCUT2D eigenvalue weighted by Crippen LogP contribution is 2.29. The predicted molar refractivity (Wildman–Crippen MR) is 153 cm³/mol. The monoisotopic (exact) mass is 514 g/mol. The van der Waals surface area contributed by atoms with Gasteiger partial charge in [0.1, 0.15) is 11.6 Å². The number of ether oxygens (including phenoxy) is 1. The smallest absolute Gasteiger partial charge is 0.162 e. The van der Waals surface area contributed by atoms with Gasteiger partial charge in [0.2, 0.25) is 0 Å². The van der Waals surface area contributed by atoms with Crippen molar-refractivity contribution in [3.05, 3.63) is 78.7 Å². The van der Waals surface area contributed by atoms with E-state index < -0.39 is 0 Å². The molecule has 0 bridgehead atoms. The van der Waals surface area contributed by atoms with Crippen molar-refractivity contribution in [2.45, 2.75) is 65.5 Å². The summed E-state index contributed by atoms with van der Waals surface area (Å²) in [4.78, 5) is 0. The number of hydrogen-bond acceptors (Lipinski definition) is 5. The number of aromatic hydroxyl groups is 2. The van der Waals surface area contributed by atoms with Crippen molar-refractivity contribution in [1.29, 1.82) is 0 Å². The molecule has 0 spiro atoms. The van der Waals surface area contributed by atoms with Gasteiger partial charge in [-0.25, -0.2) is 4.39 Å². The average molecular weight is 515 g/mol. The number of rotatable bonds is 17. The van der Waals surface area contributed by atoms with E-state index in [0.717, 1.165) is 50.8 Å². The fourth-order valence-electron chi connectivity index (χ4n) is 4.08. The first-order valence-electron chi connectivity index (χ1n) is 13.3. The molecule has 0 aliphatic rings. The summed E-state index contributed by atoms with van der Waals surface area (Å²) >= 11 is 0. The molecule has 2 aromatic carbocycles. The fraction of sp³-hybridized carbons (Fsp3) is 0.484. The predicted octanol–water partition coefficient (Wildman–Crippen LogP) is 7.10. The molecule has 37 heavy (non-hydrogen) atoms. The number of halogens is 1. The molecule has 0 radical (unpaired) electrons. The summed E-state index contributed by atoms with van der Waals surface area (Å²) in [5.41, 5.74) is 1.38. The zero-order chi connectivity index (χ0) is 27.5. The van der Waals surface area contributed by atoms with E-state index in [9.17, 15) is 14.6 Å². The lowest BCUT2D eigenvalue weighted by Crippen LogP contribution is -2.18. The minimum absolute atomic E-state index is 0.103. The molecule has 0 aliphatic carbocycles. The third-order valence-electron chi connectivity index (χ3n) is 6.58. The lowest BCUT2D eigenvalue weighted by atomic mass is 9.98. The summed E-state index contributed by atoms with van der Waals surface area (Å²) in [6.07, 6.45) is 10.5. The van der Waals surface area contributed by atoms with E-state index in [0.29, 0.717) is 36.2 Å². The third kappa shape index (κ3) is 12.8. The van der Waals surface area contributed by atoms with Crippen molar-refractivity contribution in [2.75, 3.05) is 20.2 Å². The molecule has 206 valence electrons. The minimum atomic E-state index is -0.279. The van der Waals surface area contributed by atoms with Gasteiger partial charge in [-0.1, -0.05) is 51.0 Å². The zero-order valence-corrected chi connectivity index (χ0v) is 22.9. The van der Waals surface area contributed by atoms with Gasteiger partial charge >= 0.3 is 0 Å². The van der Waals surface area contributed by atoms with Gasteiger partial charge in [-0.05, 0) is 74.9 Å². The number of methoxy groups -OCH3 is 1. The summed E-state index contributed by atoms with van der Waals surface area (Å²) in [6, 6.07) is 9.67. The summed E-state index contributed by atoms with van der Waals surface area (Å²) in [5.74, 6) is 1.92. The maximum absolute atomic E-state index is 13.4. The number of phenolic OH excluding ortho intramolecular Hbond substituents is 2. The molecular weight excluding hydrogens is 467 g/mol. The summed E-state index contributed by atoms with van der Waals surface area (Å²) in [6.45, 7) is 14.8. The highest BCUT2D eigenvalue weighted by molar-refractivity contribution is 5.45. The van der Waals surface area contributed by atoms with Crippen molar-refractivity contribution >= 4 is 0 Å². The largest absolute Gasteiger partial charge is 0.508 e. The van der Waals surface area contributed by atoms with Crippen LogP contribution in [0.5, 0.6) is 17.2 Å². The summed E-state index contributed by atoms with van der Waals surface area (Å²) in [7, 11) is 1.56. The molecule has 0 amide bonds. The van der Waals surface area contributed by atoms with E-state index in [4.69, 9.17) is 4.74 Å². The zero-order valence-electron chi connectivity index (χ0n) is 22.9. The average Bonchev–Trinajstić information content (AvgIpc) is 2.90. The minimum Gasteiger partial charge on any atom is -0.508 e. The molecule has 2 aromatic rings. The van der Waals surface area contributed by atoms with Crippen molar-refractivity contribution in [3.63, 3.8) is 0 Å². The molecule has 0 aromatic heterocycles. The fourth-order valence-corrected chi connectivity index (χ4v) is 4.08. The van der Waals surface area contributed by atoms with Crippen LogP contribution in [0.4, 0.5) is 4.39 Å². The molecule has 0 heterocycles. The van der Waals surface area contributed by atoms with Crippen LogP contribution < -0.4 is 15.4 Å². The first kappa shape index (κ1) is 32.2. The molecule has 2 atom stereocenters. The van der Waals surface area contributed by atoms with E-state index in [1.165, 1.54) is 24.6 Å². The second-order valence-corrected chi connectivity index (χ2v) is 9.27. The first-order valence-corrected chi connectivity index (χ1v) is 13.3. The van der Waals surface area contributed by atoms with Gasteiger partial charge in [0, 0.05) is 24.2 Å². The van der Waals surface area contributed by atoms with Crippen molar-refractivity contribution in [1.82, 2.24) is 10.6 Å². The Hall–Kier alpha value is -2.83. The molecule has 0 saturated heterocycles. The van der Waals surface area contributed by atoms with Crippen LogP contribution >= 0.6 is 0 Å². The molecule has 2 rings (SSSR count). The van der Waals surface area contributed by atoms with Gasteiger partial charge < -0.3 is 25.6 Å². The Bertz CT molecular complexity index is 919. The number of benzene rings is 2. The Morgan fingerprint density at radius 1 is 0.892 bits per heavy atom. The quantitative estimate of drug-likeness (QED) is 0.134. The summed E-state index contributed by atoms with van der Waals surface area (Å²) in [5, 5.41) is 25.8. The molecule has 0 fully saturated rings. The molecule has 4 N–H and O–H groups in total. The Balaban J connectivity index is 0.000000371. The van der Waals surface area contributed by atoms with Gasteiger partial charge in [-0.2, -0.15) is 0 Å².